The number of H-pyrrole nitrogens is 2. The van der Waals surface area contributed by atoms with E-state index >= 15 is 0 Å². The summed E-state index contributed by atoms with van der Waals surface area (Å²) in [5.41, 5.74) is -0.500. The van der Waals surface area contributed by atoms with Gasteiger partial charge < -0.3 is 4.98 Å². The lowest BCUT2D eigenvalue weighted by Gasteiger charge is -2.09. The molecule has 0 spiro atoms. The number of aryl methyl sites for hydroxylation is 2. The van der Waals surface area contributed by atoms with Crippen LogP contribution in [0.2, 0.25) is 0 Å². The van der Waals surface area contributed by atoms with E-state index < -0.39 is 26.2 Å². The first kappa shape index (κ1) is 14.1. The Bertz CT molecular complexity index is 865. The highest BCUT2D eigenvalue weighted by Gasteiger charge is 2.22. The predicted octanol–water partition coefficient (Wildman–Crippen LogP) is 0.481. The number of aromatic nitrogens is 2. The zero-order valence-electron chi connectivity index (χ0n) is 10.9. The first-order chi connectivity index (χ1) is 9.29. The maximum atomic E-state index is 12.2. The van der Waals surface area contributed by atoms with Gasteiger partial charge in [0.1, 0.15) is 0 Å². The fraction of sp³-hybridized carbons (Fsp3) is 0.167. The zero-order chi connectivity index (χ0) is 14.9. The molecule has 0 aliphatic rings. The Morgan fingerprint density at radius 1 is 1.10 bits per heavy atom. The predicted molar refractivity (Wildman–Crippen MR) is 74.4 cm³/mol. The molecule has 0 radical (unpaired) electrons. The molecule has 0 saturated heterocycles. The van der Waals surface area contributed by atoms with Gasteiger partial charge in [-0.3, -0.25) is 14.5 Å². The highest BCUT2D eigenvalue weighted by Crippen LogP contribution is 2.15. The van der Waals surface area contributed by atoms with Gasteiger partial charge >= 0.3 is 5.69 Å². The number of hydrogen-bond donors (Lipinski definition) is 3. The van der Waals surface area contributed by atoms with Crippen LogP contribution in [0.25, 0.3) is 0 Å². The maximum Gasteiger partial charge on any atom is 0.325 e. The molecule has 0 aliphatic heterocycles. The summed E-state index contributed by atoms with van der Waals surface area (Å²) in [6.45, 7) is 3.16. The fourth-order valence-corrected chi connectivity index (χ4v) is 3.12. The molecule has 0 unspecified atom stereocenters. The number of rotatable bonds is 3. The molecule has 0 aliphatic carbocycles. The molecule has 0 amide bonds. The Hall–Kier alpha value is -2.35. The molecule has 1 heterocycles. The molecule has 2 rings (SSSR count). The molecule has 8 heteroatoms. The molecule has 2 aromatic rings. The summed E-state index contributed by atoms with van der Waals surface area (Å²) in [6.07, 6.45) is 0. The van der Waals surface area contributed by atoms with Gasteiger partial charge in [-0.15, -0.1) is 0 Å². The summed E-state index contributed by atoms with van der Waals surface area (Å²) < 4.78 is 26.7. The molecule has 3 N–H and O–H groups in total. The lowest BCUT2D eigenvalue weighted by atomic mass is 10.2. The number of sulfonamides is 1. The molecule has 20 heavy (non-hydrogen) atoms. The van der Waals surface area contributed by atoms with Crippen LogP contribution in [-0.2, 0) is 10.0 Å². The Morgan fingerprint density at radius 3 is 2.40 bits per heavy atom. The molecule has 0 bridgehead atoms. The van der Waals surface area contributed by atoms with Gasteiger partial charge in [0.2, 0.25) is 0 Å². The van der Waals surface area contributed by atoms with Crippen LogP contribution < -0.4 is 16.0 Å². The first-order valence-electron chi connectivity index (χ1n) is 5.72. The van der Waals surface area contributed by atoms with E-state index in [2.05, 4.69) is 9.71 Å². The van der Waals surface area contributed by atoms with Crippen LogP contribution in [0.5, 0.6) is 0 Å². The third-order valence-electron chi connectivity index (χ3n) is 2.61. The van der Waals surface area contributed by atoms with Crippen LogP contribution in [0.4, 0.5) is 5.69 Å². The number of anilines is 1. The second kappa shape index (κ2) is 4.97. The zero-order valence-corrected chi connectivity index (χ0v) is 11.7. The van der Waals surface area contributed by atoms with Gasteiger partial charge in [0.15, 0.2) is 4.90 Å². The summed E-state index contributed by atoms with van der Waals surface area (Å²) >= 11 is 0. The normalized spacial score (nSPS) is 11.3. The van der Waals surface area contributed by atoms with Crippen molar-refractivity contribution in [1.82, 2.24) is 9.97 Å². The third-order valence-corrected chi connectivity index (χ3v) is 4.15. The molecule has 1 aromatic heterocycles. The van der Waals surface area contributed by atoms with Crippen LogP contribution in [0.15, 0.2) is 38.8 Å². The van der Waals surface area contributed by atoms with Gasteiger partial charge in [0.05, 0.1) is 0 Å². The summed E-state index contributed by atoms with van der Waals surface area (Å²) in [5, 5.41) is 0. The van der Waals surface area contributed by atoms with Crippen LogP contribution in [-0.4, -0.2) is 18.4 Å². The van der Waals surface area contributed by atoms with E-state index in [9.17, 15) is 18.0 Å². The molecule has 7 nitrogen and oxygen atoms in total. The van der Waals surface area contributed by atoms with Gasteiger partial charge in [-0.2, -0.15) is 0 Å². The molecule has 106 valence electrons. The van der Waals surface area contributed by atoms with Crippen molar-refractivity contribution in [2.45, 2.75) is 18.7 Å². The van der Waals surface area contributed by atoms with Gasteiger partial charge in [0.25, 0.3) is 15.6 Å². The number of hydrogen-bond acceptors (Lipinski definition) is 4. The van der Waals surface area contributed by atoms with Crippen molar-refractivity contribution in [2.75, 3.05) is 4.72 Å². The van der Waals surface area contributed by atoms with Gasteiger partial charge in [-0.25, -0.2) is 13.2 Å². The highest BCUT2D eigenvalue weighted by molar-refractivity contribution is 7.92. The molecule has 0 atom stereocenters. The fourth-order valence-electron chi connectivity index (χ4n) is 1.83. The van der Waals surface area contributed by atoms with Crippen molar-refractivity contribution in [2.24, 2.45) is 0 Å². The minimum atomic E-state index is -4.07. The van der Waals surface area contributed by atoms with Crippen molar-refractivity contribution in [3.8, 4) is 0 Å². The smallest absolute Gasteiger partial charge is 0.310 e. The molecule has 0 saturated carbocycles. The largest absolute Gasteiger partial charge is 0.325 e. The second-order valence-electron chi connectivity index (χ2n) is 4.34. The summed E-state index contributed by atoms with van der Waals surface area (Å²) in [4.78, 5) is 26.4. The first-order valence-corrected chi connectivity index (χ1v) is 7.20. The molecule has 0 fully saturated rings. The van der Waals surface area contributed by atoms with E-state index in [0.29, 0.717) is 5.69 Å². The van der Waals surface area contributed by atoms with Crippen LogP contribution in [0, 0.1) is 13.8 Å². The van der Waals surface area contributed by atoms with E-state index in [1.165, 1.54) is 6.92 Å². The Kier molecular flexibility index (Phi) is 3.49. The average molecular weight is 295 g/mol. The van der Waals surface area contributed by atoms with Crippen molar-refractivity contribution in [3.05, 3.63) is 56.4 Å². The van der Waals surface area contributed by atoms with E-state index in [-0.39, 0.29) is 5.69 Å². The van der Waals surface area contributed by atoms with Crippen molar-refractivity contribution in [3.63, 3.8) is 0 Å². The minimum absolute atomic E-state index is 0.0149. The van der Waals surface area contributed by atoms with Gasteiger partial charge in [-0.05, 0) is 31.5 Å². The number of benzene rings is 1. The van der Waals surface area contributed by atoms with Gasteiger partial charge in [0, 0.05) is 11.4 Å². The van der Waals surface area contributed by atoms with Crippen molar-refractivity contribution >= 4 is 15.7 Å². The van der Waals surface area contributed by atoms with E-state index in [1.54, 1.807) is 18.2 Å². The summed E-state index contributed by atoms with van der Waals surface area (Å²) in [6, 6.07) is 6.71. The maximum absolute atomic E-state index is 12.2. The topological polar surface area (TPSA) is 112 Å². The van der Waals surface area contributed by atoms with Crippen LogP contribution >= 0.6 is 0 Å². The molecular formula is C12H13N3O4S. The Morgan fingerprint density at radius 2 is 1.80 bits per heavy atom. The lowest BCUT2D eigenvalue weighted by Crippen LogP contribution is -2.31. The highest BCUT2D eigenvalue weighted by atomic mass is 32.2. The van der Waals surface area contributed by atoms with Crippen LogP contribution in [0.1, 0.15) is 11.3 Å². The molecule has 1 aromatic carbocycles. The van der Waals surface area contributed by atoms with E-state index in [0.717, 1.165) is 5.56 Å². The average Bonchev–Trinajstić information content (AvgIpc) is 2.25. The lowest BCUT2D eigenvalue weighted by molar-refractivity contribution is 0.598. The Balaban J connectivity index is 2.52. The van der Waals surface area contributed by atoms with Gasteiger partial charge in [-0.1, -0.05) is 12.1 Å². The monoisotopic (exact) mass is 295 g/mol. The van der Waals surface area contributed by atoms with E-state index in [1.807, 2.05) is 18.0 Å². The number of aromatic amines is 2. The van der Waals surface area contributed by atoms with Crippen molar-refractivity contribution < 1.29 is 8.42 Å². The van der Waals surface area contributed by atoms with Crippen molar-refractivity contribution in [1.29, 1.82) is 0 Å². The minimum Gasteiger partial charge on any atom is -0.310 e. The summed E-state index contributed by atoms with van der Waals surface area (Å²) in [5.74, 6) is 0. The van der Waals surface area contributed by atoms with Crippen LogP contribution in [0.3, 0.4) is 0 Å². The standard InChI is InChI=1S/C12H13N3O4S/c1-7-4-3-5-9(6-7)15-20(18,19)10-8(2)13-12(17)14-11(10)16/h3-6,15H,1-2H3,(H2,13,14,16,17). The SMILES string of the molecule is Cc1cccc(NS(=O)(=O)c2c(C)[nH]c(=O)[nH]c2=O)c1. The summed E-state index contributed by atoms with van der Waals surface area (Å²) in [7, 11) is -4.07. The quantitative estimate of drug-likeness (QED) is 0.764. The van der Waals surface area contributed by atoms with E-state index in [4.69, 9.17) is 0 Å². The second-order valence-corrected chi connectivity index (χ2v) is 5.96. The number of nitrogens with one attached hydrogen (secondary N) is 3. The molecular weight excluding hydrogens is 282 g/mol. The Labute approximate surface area is 114 Å². The third kappa shape index (κ3) is 2.80.